The highest BCUT2D eigenvalue weighted by Crippen LogP contribution is 2.13. The van der Waals surface area contributed by atoms with Crippen LogP contribution in [0.3, 0.4) is 0 Å². The first-order valence-corrected chi connectivity index (χ1v) is 19.5. The number of nitrogens with zero attached hydrogens (tertiary/aromatic N) is 4. The number of esters is 4. The molecule has 0 aromatic carbocycles. The van der Waals surface area contributed by atoms with Crippen LogP contribution in [0.2, 0.25) is 0 Å². The van der Waals surface area contributed by atoms with Crippen molar-refractivity contribution in [1.82, 2.24) is 24.9 Å². The van der Waals surface area contributed by atoms with Gasteiger partial charge < -0.3 is 24.3 Å². The minimum Gasteiger partial charge on any atom is -0.459 e. The molecule has 0 unspecified atom stereocenters. The maximum atomic E-state index is 13.3. The van der Waals surface area contributed by atoms with E-state index in [0.29, 0.717) is 25.9 Å². The second kappa shape index (κ2) is 22.7. The van der Waals surface area contributed by atoms with Gasteiger partial charge in [0.15, 0.2) is 0 Å². The van der Waals surface area contributed by atoms with Crippen LogP contribution < -0.4 is 5.32 Å². The van der Waals surface area contributed by atoms with Crippen molar-refractivity contribution in [3.63, 3.8) is 0 Å². The van der Waals surface area contributed by atoms with Crippen LogP contribution in [0.15, 0.2) is 12.2 Å². The van der Waals surface area contributed by atoms with E-state index in [0.717, 1.165) is 12.8 Å². The molecule has 1 heterocycles. The summed E-state index contributed by atoms with van der Waals surface area (Å²) in [6.07, 6.45) is 5.43. The molecule has 16 heteroatoms. The van der Waals surface area contributed by atoms with Crippen molar-refractivity contribution in [3.05, 3.63) is 12.2 Å². The average molecular weight is 796 g/mol. The van der Waals surface area contributed by atoms with Crippen molar-refractivity contribution in [2.24, 2.45) is 0 Å². The minimum atomic E-state index is -0.742. The Kier molecular flexibility index (Phi) is 20.4. The van der Waals surface area contributed by atoms with Crippen LogP contribution in [0.4, 0.5) is 0 Å². The molecule has 1 aliphatic heterocycles. The van der Waals surface area contributed by atoms with E-state index in [-0.39, 0.29) is 76.6 Å². The Labute approximate surface area is 333 Å². The standard InChI is InChI=1S/C40H69N5O11/c1-37(2,3)53-33(49)26-43(27-34(50)54-38(4,5)6)23-21-42(25-30(46)41-19-15-13-14-16-20-45-31(47)17-18-32(45)48)22-24-44(28-35(51)55-39(7,8)9)29-36(52)56-40(10,11)12/h17-18H,13-16,19-29H2,1-12H3,(H,41,46). The number of imide groups is 1. The van der Waals surface area contributed by atoms with Crippen LogP contribution in [0.1, 0.15) is 109 Å². The first kappa shape index (κ1) is 50.1. The summed E-state index contributed by atoms with van der Waals surface area (Å²) < 4.78 is 22.1. The zero-order chi connectivity index (χ0) is 42.9. The van der Waals surface area contributed by atoms with Crippen molar-refractivity contribution in [2.75, 3.05) is 72.0 Å². The number of carbonyl (C=O) groups is 7. The van der Waals surface area contributed by atoms with Gasteiger partial charge in [0.1, 0.15) is 22.4 Å². The Bertz CT molecular complexity index is 1220. The maximum absolute atomic E-state index is 13.3. The van der Waals surface area contributed by atoms with Gasteiger partial charge in [0.05, 0.1) is 32.7 Å². The van der Waals surface area contributed by atoms with Gasteiger partial charge in [-0.25, -0.2) is 0 Å². The number of amides is 3. The predicted molar refractivity (Wildman–Crippen MR) is 210 cm³/mol. The number of hydrogen-bond donors (Lipinski definition) is 1. The highest BCUT2D eigenvalue weighted by Gasteiger charge is 2.27. The first-order valence-electron chi connectivity index (χ1n) is 19.5. The third-order valence-electron chi connectivity index (χ3n) is 7.45. The van der Waals surface area contributed by atoms with Gasteiger partial charge in [0, 0.05) is 51.4 Å². The molecule has 0 saturated heterocycles. The molecule has 0 fully saturated rings. The van der Waals surface area contributed by atoms with E-state index in [1.54, 1.807) is 92.9 Å². The third kappa shape index (κ3) is 25.3. The van der Waals surface area contributed by atoms with Gasteiger partial charge >= 0.3 is 23.9 Å². The fourth-order valence-corrected chi connectivity index (χ4v) is 5.38. The van der Waals surface area contributed by atoms with E-state index in [2.05, 4.69) is 5.32 Å². The zero-order valence-electron chi connectivity index (χ0n) is 36.0. The van der Waals surface area contributed by atoms with E-state index in [4.69, 9.17) is 18.9 Å². The van der Waals surface area contributed by atoms with Crippen molar-refractivity contribution < 1.29 is 52.5 Å². The molecule has 1 N–H and O–H groups in total. The lowest BCUT2D eigenvalue weighted by Gasteiger charge is -2.30. The lowest BCUT2D eigenvalue weighted by Crippen LogP contribution is -2.48. The van der Waals surface area contributed by atoms with Crippen LogP contribution in [0, 0.1) is 0 Å². The molecule has 56 heavy (non-hydrogen) atoms. The van der Waals surface area contributed by atoms with Crippen LogP contribution >= 0.6 is 0 Å². The topological polar surface area (TPSA) is 181 Å². The molecule has 0 radical (unpaired) electrons. The Morgan fingerprint density at radius 2 is 0.821 bits per heavy atom. The Morgan fingerprint density at radius 3 is 1.16 bits per heavy atom. The number of hydrogen-bond acceptors (Lipinski definition) is 14. The van der Waals surface area contributed by atoms with Gasteiger partial charge in [-0.15, -0.1) is 0 Å². The molecular weight excluding hydrogens is 726 g/mol. The highest BCUT2D eigenvalue weighted by molar-refractivity contribution is 6.12. The summed E-state index contributed by atoms with van der Waals surface area (Å²) in [5, 5.41) is 2.93. The largest absolute Gasteiger partial charge is 0.459 e. The number of carbonyl (C=O) groups excluding carboxylic acids is 7. The van der Waals surface area contributed by atoms with E-state index >= 15 is 0 Å². The van der Waals surface area contributed by atoms with Crippen LogP contribution in [-0.4, -0.2) is 156 Å². The fraction of sp³-hybridized carbons (Fsp3) is 0.775. The van der Waals surface area contributed by atoms with Gasteiger partial charge in [-0.1, -0.05) is 12.8 Å². The number of ether oxygens (including phenoxy) is 4. The highest BCUT2D eigenvalue weighted by atomic mass is 16.6. The second-order valence-corrected chi connectivity index (χ2v) is 18.0. The fourth-order valence-electron chi connectivity index (χ4n) is 5.38. The van der Waals surface area contributed by atoms with E-state index in [1.807, 2.05) is 4.90 Å². The zero-order valence-corrected chi connectivity index (χ0v) is 36.0. The Balaban J connectivity index is 3.09. The minimum absolute atomic E-state index is 0.0500. The predicted octanol–water partition coefficient (Wildman–Crippen LogP) is 2.86. The van der Waals surface area contributed by atoms with Crippen molar-refractivity contribution >= 4 is 41.6 Å². The van der Waals surface area contributed by atoms with Gasteiger partial charge in [0.25, 0.3) is 11.8 Å². The number of unbranched alkanes of at least 4 members (excludes halogenated alkanes) is 3. The van der Waals surface area contributed by atoms with Gasteiger partial charge in [-0.3, -0.25) is 53.2 Å². The summed E-state index contributed by atoms with van der Waals surface area (Å²) >= 11 is 0. The molecule has 3 amide bonds. The third-order valence-corrected chi connectivity index (χ3v) is 7.45. The molecule has 0 aromatic heterocycles. The molecule has 0 aromatic rings. The van der Waals surface area contributed by atoms with Crippen LogP contribution in [0.5, 0.6) is 0 Å². The summed E-state index contributed by atoms with van der Waals surface area (Å²) in [6, 6.07) is 0. The normalized spacial score (nSPS) is 13.8. The SMILES string of the molecule is CC(C)(C)OC(=O)CN(CCN(CCN(CC(=O)OC(C)(C)C)CC(=O)OC(C)(C)C)CC(=O)NCCCCCCN1C(=O)C=CC1=O)CC(=O)OC(C)(C)C. The van der Waals surface area contributed by atoms with E-state index in [1.165, 1.54) is 17.1 Å². The molecular formula is C40H69N5O11. The van der Waals surface area contributed by atoms with Crippen LogP contribution in [0.25, 0.3) is 0 Å². The summed E-state index contributed by atoms with van der Waals surface area (Å²) in [5.74, 6) is -2.97. The Morgan fingerprint density at radius 1 is 0.500 bits per heavy atom. The number of nitrogens with one attached hydrogen (secondary N) is 1. The van der Waals surface area contributed by atoms with Crippen molar-refractivity contribution in [1.29, 1.82) is 0 Å². The van der Waals surface area contributed by atoms with E-state index in [9.17, 15) is 33.6 Å². The van der Waals surface area contributed by atoms with Crippen LogP contribution in [-0.2, 0) is 52.5 Å². The number of rotatable bonds is 23. The maximum Gasteiger partial charge on any atom is 0.320 e. The molecule has 320 valence electrons. The molecule has 0 spiro atoms. The Hall–Kier alpha value is -3.89. The molecule has 1 aliphatic rings. The summed E-state index contributed by atoms with van der Waals surface area (Å²) in [5.41, 5.74) is -2.97. The van der Waals surface area contributed by atoms with Crippen molar-refractivity contribution in [2.45, 2.75) is 131 Å². The average Bonchev–Trinajstić information content (AvgIpc) is 3.30. The first-order chi connectivity index (χ1) is 25.6. The molecule has 0 aliphatic carbocycles. The molecule has 0 saturated carbocycles. The lowest BCUT2D eigenvalue weighted by molar-refractivity contribution is -0.162. The lowest BCUT2D eigenvalue weighted by atomic mass is 10.2. The van der Waals surface area contributed by atoms with Gasteiger partial charge in [-0.2, -0.15) is 0 Å². The molecule has 1 rings (SSSR count). The van der Waals surface area contributed by atoms with Gasteiger partial charge in [0.2, 0.25) is 5.91 Å². The van der Waals surface area contributed by atoms with Gasteiger partial charge in [-0.05, 0) is 95.9 Å². The summed E-state index contributed by atoms with van der Waals surface area (Å²) in [7, 11) is 0. The summed E-state index contributed by atoms with van der Waals surface area (Å²) in [6.45, 7) is 21.7. The molecule has 0 atom stereocenters. The van der Waals surface area contributed by atoms with E-state index < -0.39 is 46.3 Å². The monoisotopic (exact) mass is 795 g/mol. The molecule has 0 bridgehead atoms. The quantitative estimate of drug-likeness (QED) is 0.0690. The molecule has 16 nitrogen and oxygen atoms in total. The van der Waals surface area contributed by atoms with Crippen molar-refractivity contribution in [3.8, 4) is 0 Å². The summed E-state index contributed by atoms with van der Waals surface area (Å²) in [4.78, 5) is 94.4. The second-order valence-electron chi connectivity index (χ2n) is 18.0. The smallest absolute Gasteiger partial charge is 0.320 e.